The molecule has 0 spiro atoms. The zero-order valence-electron chi connectivity index (χ0n) is 13.4. The van der Waals surface area contributed by atoms with Gasteiger partial charge in [0.1, 0.15) is 5.75 Å². The van der Waals surface area contributed by atoms with Crippen molar-refractivity contribution >= 4 is 17.5 Å². The molecule has 0 bridgehead atoms. The van der Waals surface area contributed by atoms with Gasteiger partial charge in [0, 0.05) is 12.1 Å². The predicted molar refractivity (Wildman–Crippen MR) is 89.0 cm³/mol. The lowest BCUT2D eigenvalue weighted by atomic mass is 10.2. The van der Waals surface area contributed by atoms with Gasteiger partial charge in [-0.2, -0.15) is 4.98 Å². The molecular weight excluding hydrogens is 364 g/mol. The van der Waals surface area contributed by atoms with Gasteiger partial charge in [0.15, 0.2) is 5.16 Å². The fourth-order valence-electron chi connectivity index (χ4n) is 2.12. The Morgan fingerprint density at radius 1 is 1.35 bits per heavy atom. The molecule has 0 aliphatic rings. The molecule has 0 radical (unpaired) electrons. The summed E-state index contributed by atoms with van der Waals surface area (Å²) in [4.78, 5) is 41.7. The molecule has 3 N–H and O–H groups in total. The minimum atomic E-state index is -0.830. The van der Waals surface area contributed by atoms with Crippen LogP contribution in [0.1, 0.15) is 10.5 Å². The lowest BCUT2D eigenvalue weighted by Gasteiger charge is -1.99. The Balaban J connectivity index is 1.84. The third-order valence-corrected chi connectivity index (χ3v) is 4.16. The van der Waals surface area contributed by atoms with E-state index in [-0.39, 0.29) is 16.6 Å². The predicted octanol–water partition coefficient (Wildman–Crippen LogP) is 0.0171. The van der Waals surface area contributed by atoms with E-state index in [0.29, 0.717) is 11.4 Å². The van der Waals surface area contributed by atoms with Crippen LogP contribution in [0.5, 0.6) is 11.6 Å². The second-order valence-electron chi connectivity index (χ2n) is 4.98. The van der Waals surface area contributed by atoms with E-state index in [2.05, 4.69) is 15.2 Å². The Labute approximate surface area is 149 Å². The molecule has 11 heteroatoms. The highest BCUT2D eigenvalue weighted by Gasteiger charge is 2.30. The van der Waals surface area contributed by atoms with Crippen molar-refractivity contribution in [1.82, 2.24) is 15.2 Å². The molecule has 0 atom stereocenters. The van der Waals surface area contributed by atoms with E-state index in [1.807, 2.05) is 0 Å². The van der Waals surface area contributed by atoms with Gasteiger partial charge >= 0.3 is 11.3 Å². The lowest BCUT2D eigenvalue weighted by Crippen LogP contribution is -2.41. The van der Waals surface area contributed by atoms with E-state index in [1.165, 1.54) is 11.8 Å². The molecule has 0 saturated heterocycles. The summed E-state index contributed by atoms with van der Waals surface area (Å²) in [6, 6.07) is 7.52. The molecule has 2 aromatic heterocycles. The van der Waals surface area contributed by atoms with Crippen molar-refractivity contribution < 1.29 is 23.8 Å². The van der Waals surface area contributed by atoms with Crippen LogP contribution < -0.4 is 20.6 Å². The van der Waals surface area contributed by atoms with Crippen molar-refractivity contribution in [3.63, 3.8) is 0 Å². The zero-order valence-corrected chi connectivity index (χ0v) is 14.2. The Morgan fingerprint density at radius 3 is 2.73 bits per heavy atom. The van der Waals surface area contributed by atoms with Crippen LogP contribution in [0.3, 0.4) is 0 Å². The molecule has 134 valence electrons. The van der Waals surface area contributed by atoms with Crippen molar-refractivity contribution in [2.75, 3.05) is 12.9 Å². The summed E-state index contributed by atoms with van der Waals surface area (Å²) in [6.07, 6.45) is 0. The molecule has 10 nitrogen and oxygen atoms in total. The maximum absolute atomic E-state index is 12.5. The molecule has 2 heterocycles. The number of hydrogen-bond donors (Lipinski definition) is 3. The number of hydrogen-bond acceptors (Lipinski definition) is 8. The van der Waals surface area contributed by atoms with Crippen molar-refractivity contribution in [3.8, 4) is 17.3 Å². The highest BCUT2D eigenvalue weighted by atomic mass is 32.2. The number of aromatic amines is 2. The molecule has 0 fully saturated rings. The Hall–Kier alpha value is -3.34. The fourth-order valence-corrected chi connectivity index (χ4v) is 2.85. The van der Waals surface area contributed by atoms with E-state index in [4.69, 9.17) is 9.26 Å². The van der Waals surface area contributed by atoms with Crippen LogP contribution in [0.4, 0.5) is 0 Å². The molecule has 1 aromatic carbocycles. The number of ether oxygens (including phenoxy) is 1. The molecule has 0 amide bonds. The Kier molecular flexibility index (Phi) is 4.89. The summed E-state index contributed by atoms with van der Waals surface area (Å²) in [7, 11) is 1.52. The van der Waals surface area contributed by atoms with Crippen LogP contribution in [-0.4, -0.2) is 39.0 Å². The number of methoxy groups -OCH3 is 1. The highest BCUT2D eigenvalue weighted by Crippen LogP contribution is 2.15. The van der Waals surface area contributed by atoms with Gasteiger partial charge in [-0.1, -0.05) is 11.8 Å². The van der Waals surface area contributed by atoms with E-state index in [0.717, 1.165) is 17.8 Å². The topological polar surface area (TPSA) is 142 Å². The minimum Gasteiger partial charge on any atom is -0.497 e. The van der Waals surface area contributed by atoms with Crippen LogP contribution >= 0.6 is 11.8 Å². The smallest absolute Gasteiger partial charge is 0.438 e. The number of aromatic hydroxyl groups is 1. The number of carbonyl (C=O) groups is 1. The first-order valence-corrected chi connectivity index (χ1v) is 8.21. The minimum absolute atomic E-state index is 0.0549. The monoisotopic (exact) mass is 377 g/mol. The van der Waals surface area contributed by atoms with Gasteiger partial charge in [0.2, 0.25) is 17.4 Å². The highest BCUT2D eigenvalue weighted by molar-refractivity contribution is 7.99. The maximum atomic E-state index is 12.5. The SMILES string of the molecule is COc1ccc(-[n+]2[nH]oc(=O)c2C(=O)CSc2nc(O)cc(=O)[nH]2)cc1. The summed E-state index contributed by atoms with van der Waals surface area (Å²) >= 11 is 0.870. The normalized spacial score (nSPS) is 10.7. The largest absolute Gasteiger partial charge is 0.497 e. The molecule has 0 saturated carbocycles. The van der Waals surface area contributed by atoms with Crippen LogP contribution in [0, 0.1) is 0 Å². The number of aromatic nitrogens is 4. The van der Waals surface area contributed by atoms with Gasteiger partial charge < -0.3 is 14.8 Å². The number of carbonyl (C=O) groups excluding carboxylic acids is 1. The molecule has 26 heavy (non-hydrogen) atoms. The Bertz CT molecular complexity index is 1050. The van der Waals surface area contributed by atoms with Crippen LogP contribution in [-0.2, 0) is 0 Å². The second kappa shape index (κ2) is 7.27. The average molecular weight is 377 g/mol. The lowest BCUT2D eigenvalue weighted by molar-refractivity contribution is -0.672. The van der Waals surface area contributed by atoms with E-state index in [9.17, 15) is 19.5 Å². The van der Waals surface area contributed by atoms with Crippen LogP contribution in [0.25, 0.3) is 5.69 Å². The fraction of sp³-hybridized carbons (Fsp3) is 0.133. The molecule has 0 aliphatic carbocycles. The number of Topliss-reactive ketones (excluding diaryl/α,β-unsaturated/α-hetero) is 1. The summed E-state index contributed by atoms with van der Waals surface area (Å²) in [6.45, 7) is 0. The number of benzene rings is 1. The van der Waals surface area contributed by atoms with Gasteiger partial charge in [-0.15, -0.1) is 0 Å². The van der Waals surface area contributed by atoms with Crippen LogP contribution in [0.15, 0.2) is 49.6 Å². The third kappa shape index (κ3) is 3.67. The first kappa shape index (κ1) is 17.5. The van der Waals surface area contributed by atoms with E-state index >= 15 is 0 Å². The van der Waals surface area contributed by atoms with Gasteiger partial charge in [-0.05, 0) is 22.1 Å². The number of H-pyrrole nitrogens is 2. The average Bonchev–Trinajstić information content (AvgIpc) is 3.00. The molecule has 0 aliphatic heterocycles. The van der Waals surface area contributed by atoms with Crippen molar-refractivity contribution in [2.45, 2.75) is 5.16 Å². The standard InChI is InChI=1S/C15H12N4O6S/c1-24-9-4-2-8(3-5-9)19-13(14(23)25-18-19)10(20)7-26-15-16-11(21)6-12(22)17-15/h2-6H,7H2,1H3,(H2-,16,17,18,20,21,22,23)/p+1. The Morgan fingerprint density at radius 2 is 2.08 bits per heavy atom. The quantitative estimate of drug-likeness (QED) is 0.236. The zero-order chi connectivity index (χ0) is 18.7. The summed E-state index contributed by atoms with van der Waals surface area (Å²) in [5.41, 5.74) is -1.11. The summed E-state index contributed by atoms with van der Waals surface area (Å²) in [5, 5.41) is 11.7. The molecule has 0 unspecified atom stereocenters. The first-order chi connectivity index (χ1) is 12.5. The number of nitrogens with one attached hydrogen (secondary N) is 2. The molecule has 3 rings (SSSR count). The molecule has 3 aromatic rings. The maximum Gasteiger partial charge on any atom is 0.438 e. The number of thioether (sulfide) groups is 1. The van der Waals surface area contributed by atoms with Gasteiger partial charge in [0.05, 0.1) is 18.9 Å². The third-order valence-electron chi connectivity index (χ3n) is 3.29. The van der Waals surface area contributed by atoms with Crippen molar-refractivity contribution in [2.24, 2.45) is 0 Å². The summed E-state index contributed by atoms with van der Waals surface area (Å²) in [5.74, 6) is -0.599. The van der Waals surface area contributed by atoms with Gasteiger partial charge in [0.25, 0.3) is 5.56 Å². The second-order valence-corrected chi connectivity index (χ2v) is 5.95. The van der Waals surface area contributed by atoms with Crippen LogP contribution in [0.2, 0.25) is 0 Å². The number of ketones is 1. The number of nitrogens with zero attached hydrogens (tertiary/aromatic N) is 2. The molecular formula is C15H13N4O6S+. The van der Waals surface area contributed by atoms with Crippen molar-refractivity contribution in [1.29, 1.82) is 0 Å². The first-order valence-electron chi connectivity index (χ1n) is 7.22. The van der Waals surface area contributed by atoms with Crippen molar-refractivity contribution in [3.05, 3.63) is 56.8 Å². The van der Waals surface area contributed by atoms with Gasteiger partial charge in [-0.25, -0.2) is 4.79 Å². The van der Waals surface area contributed by atoms with E-state index < -0.39 is 22.8 Å². The van der Waals surface area contributed by atoms with Gasteiger partial charge in [-0.3, -0.25) is 14.1 Å². The number of rotatable bonds is 6. The summed E-state index contributed by atoms with van der Waals surface area (Å²) < 4.78 is 11.0. The van der Waals surface area contributed by atoms with E-state index in [1.54, 1.807) is 24.3 Å².